The van der Waals surface area contributed by atoms with Gasteiger partial charge >= 0.3 is 5.97 Å². The van der Waals surface area contributed by atoms with E-state index in [1.807, 2.05) is 12.2 Å². The number of carbonyl (C=O) groups excluding carboxylic acids is 2. The van der Waals surface area contributed by atoms with Gasteiger partial charge in [-0.1, -0.05) is 18.2 Å². The fraction of sp³-hybridized carbons (Fsp3) is 0.125. The van der Waals surface area contributed by atoms with Crippen molar-refractivity contribution in [3.05, 3.63) is 65.9 Å². The van der Waals surface area contributed by atoms with Gasteiger partial charge in [-0.15, -0.1) is 0 Å². The molecule has 0 radical (unpaired) electrons. The molecule has 1 amide bonds. The molecule has 1 atom stereocenters. The lowest BCUT2D eigenvalue weighted by atomic mass is 10.1. The number of ether oxygens (including phenoxy) is 1. The van der Waals surface area contributed by atoms with E-state index in [1.165, 1.54) is 12.1 Å². The average Bonchev–Trinajstić information content (AvgIpc) is 2.60. The highest BCUT2D eigenvalue weighted by Gasteiger charge is 2.12. The molecule has 23 heavy (non-hydrogen) atoms. The Labute approximate surface area is 133 Å². The predicted octanol–water partition coefficient (Wildman–Crippen LogP) is 1.23. The van der Waals surface area contributed by atoms with Crippen LogP contribution in [0.15, 0.2) is 60.3 Å². The summed E-state index contributed by atoms with van der Waals surface area (Å²) in [5, 5.41) is 5.60. The van der Waals surface area contributed by atoms with Crippen LogP contribution in [0.2, 0.25) is 0 Å². The second kappa shape index (κ2) is 7.92. The topological polar surface area (TPSA) is 103 Å². The number of methoxy groups -OCH3 is 1. The van der Waals surface area contributed by atoms with E-state index in [4.69, 9.17) is 10.6 Å². The highest BCUT2D eigenvalue weighted by Crippen LogP contribution is 2.16. The van der Waals surface area contributed by atoms with Crippen molar-refractivity contribution in [2.45, 2.75) is 6.23 Å². The number of carbonyl (C=O) groups is 2. The Morgan fingerprint density at radius 2 is 2.13 bits per heavy atom. The summed E-state index contributed by atoms with van der Waals surface area (Å²) >= 11 is 0. The number of anilines is 1. The van der Waals surface area contributed by atoms with Gasteiger partial charge in [0, 0.05) is 19.4 Å². The molecular weight excluding hydrogens is 298 g/mol. The number of para-hydroxylation sites is 1. The van der Waals surface area contributed by atoms with Gasteiger partial charge in [0.15, 0.2) is 0 Å². The third kappa shape index (κ3) is 4.53. The minimum atomic E-state index is -0.724. The first-order chi connectivity index (χ1) is 11.1. The molecule has 1 aliphatic heterocycles. The second-order valence-corrected chi connectivity index (χ2v) is 4.60. The first kappa shape index (κ1) is 16.5. The zero-order chi connectivity index (χ0) is 16.7. The first-order valence-corrected chi connectivity index (χ1v) is 6.80. The van der Waals surface area contributed by atoms with Gasteiger partial charge in [-0.05, 0) is 29.9 Å². The number of allylic oxidation sites excluding steroid dienone is 3. The molecule has 0 aromatic heterocycles. The third-order valence-electron chi connectivity index (χ3n) is 3.07. The van der Waals surface area contributed by atoms with Gasteiger partial charge in [-0.2, -0.15) is 5.90 Å². The van der Waals surface area contributed by atoms with Gasteiger partial charge in [-0.3, -0.25) is 4.79 Å². The highest BCUT2D eigenvalue weighted by atomic mass is 16.7. The van der Waals surface area contributed by atoms with Crippen molar-refractivity contribution in [1.29, 1.82) is 0 Å². The van der Waals surface area contributed by atoms with Gasteiger partial charge in [0.05, 0.1) is 11.3 Å². The minimum absolute atomic E-state index is 0.171. The number of rotatable bonds is 5. The van der Waals surface area contributed by atoms with E-state index < -0.39 is 5.97 Å². The van der Waals surface area contributed by atoms with E-state index in [9.17, 15) is 9.59 Å². The van der Waals surface area contributed by atoms with E-state index >= 15 is 0 Å². The number of hydrogen-bond acceptors (Lipinski definition) is 6. The Morgan fingerprint density at radius 3 is 2.78 bits per heavy atom. The molecule has 0 fully saturated rings. The zero-order valence-corrected chi connectivity index (χ0v) is 12.5. The van der Waals surface area contributed by atoms with E-state index in [2.05, 4.69) is 15.5 Å². The third-order valence-corrected chi connectivity index (χ3v) is 3.07. The number of benzene rings is 1. The summed E-state index contributed by atoms with van der Waals surface area (Å²) in [5.41, 5.74) is 1.31. The fourth-order valence-electron chi connectivity index (χ4n) is 1.91. The molecule has 1 aromatic carbocycles. The van der Waals surface area contributed by atoms with Gasteiger partial charge in [0.2, 0.25) is 5.91 Å². The van der Waals surface area contributed by atoms with E-state index in [0.717, 1.165) is 5.57 Å². The van der Waals surface area contributed by atoms with Crippen molar-refractivity contribution >= 4 is 17.6 Å². The molecule has 0 saturated carbocycles. The average molecular weight is 315 g/mol. The predicted molar refractivity (Wildman–Crippen MR) is 85.0 cm³/mol. The maximum absolute atomic E-state index is 12.0. The monoisotopic (exact) mass is 315 g/mol. The van der Waals surface area contributed by atoms with Crippen LogP contribution >= 0.6 is 0 Å². The number of dihydropyridines is 1. The highest BCUT2D eigenvalue weighted by molar-refractivity contribution is 6.05. The van der Waals surface area contributed by atoms with Crippen molar-refractivity contribution in [1.82, 2.24) is 5.32 Å². The summed E-state index contributed by atoms with van der Waals surface area (Å²) < 4.78 is 5.09. The molecule has 120 valence electrons. The molecule has 0 spiro atoms. The Balaban J connectivity index is 2.01. The van der Waals surface area contributed by atoms with E-state index in [1.54, 1.807) is 37.6 Å². The summed E-state index contributed by atoms with van der Waals surface area (Å²) in [4.78, 5) is 27.7. The summed E-state index contributed by atoms with van der Waals surface area (Å²) in [6.45, 7) is 0. The molecule has 4 N–H and O–H groups in total. The van der Waals surface area contributed by atoms with Crippen LogP contribution in [-0.4, -0.2) is 25.2 Å². The standard InChI is InChI=1S/C16H17N3O4/c1-22-15-9-7-11(10-18-15)6-8-14(20)19-13-5-3-2-4-12(13)16(21)23-17/h2-10,15,18H,17H2,1H3,(H,19,20)/b8-6+. The SMILES string of the molecule is COC1C=CC(/C=C/C(=O)Nc2ccccc2C(=O)ON)=CN1. The molecule has 0 saturated heterocycles. The maximum atomic E-state index is 12.0. The quantitative estimate of drug-likeness (QED) is 0.558. The molecule has 1 aromatic rings. The van der Waals surface area contributed by atoms with Gasteiger partial charge in [0.1, 0.15) is 6.23 Å². The van der Waals surface area contributed by atoms with E-state index in [-0.39, 0.29) is 17.7 Å². The van der Waals surface area contributed by atoms with Crippen molar-refractivity contribution < 1.29 is 19.2 Å². The number of hydrogen-bond donors (Lipinski definition) is 3. The fourth-order valence-corrected chi connectivity index (χ4v) is 1.91. The second-order valence-electron chi connectivity index (χ2n) is 4.60. The van der Waals surface area contributed by atoms with Crippen LogP contribution in [0.25, 0.3) is 0 Å². The van der Waals surface area contributed by atoms with Gasteiger partial charge in [-0.25, -0.2) is 4.79 Å². The van der Waals surface area contributed by atoms with Gasteiger partial charge < -0.3 is 20.2 Å². The molecule has 7 heteroatoms. The van der Waals surface area contributed by atoms with Crippen molar-refractivity contribution in [2.24, 2.45) is 5.90 Å². The molecule has 1 unspecified atom stereocenters. The zero-order valence-electron chi connectivity index (χ0n) is 12.5. The summed E-state index contributed by atoms with van der Waals surface area (Å²) in [5.74, 6) is 3.77. The van der Waals surface area contributed by atoms with Crippen LogP contribution < -0.4 is 16.5 Å². The van der Waals surface area contributed by atoms with Crippen LogP contribution in [0.3, 0.4) is 0 Å². The lowest BCUT2D eigenvalue weighted by Gasteiger charge is -2.15. The van der Waals surface area contributed by atoms with Crippen LogP contribution in [-0.2, 0) is 14.4 Å². The Morgan fingerprint density at radius 1 is 1.35 bits per heavy atom. The van der Waals surface area contributed by atoms with Crippen LogP contribution in [0.1, 0.15) is 10.4 Å². The molecule has 2 rings (SSSR count). The summed E-state index contributed by atoms with van der Waals surface area (Å²) in [6.07, 6.45) is 8.20. The lowest BCUT2D eigenvalue weighted by Crippen LogP contribution is -2.26. The molecular formula is C16H17N3O4. The molecule has 1 aliphatic rings. The minimum Gasteiger partial charge on any atom is -0.370 e. The lowest BCUT2D eigenvalue weighted by molar-refractivity contribution is -0.111. The van der Waals surface area contributed by atoms with Crippen molar-refractivity contribution in [3.8, 4) is 0 Å². The maximum Gasteiger partial charge on any atom is 0.358 e. The first-order valence-electron chi connectivity index (χ1n) is 6.80. The molecule has 0 aliphatic carbocycles. The smallest absolute Gasteiger partial charge is 0.358 e. The largest absolute Gasteiger partial charge is 0.370 e. The van der Waals surface area contributed by atoms with Crippen LogP contribution in [0.4, 0.5) is 5.69 Å². The number of amides is 1. The Bertz CT molecular complexity index is 680. The van der Waals surface area contributed by atoms with E-state index in [0.29, 0.717) is 5.69 Å². The van der Waals surface area contributed by atoms with Crippen LogP contribution in [0, 0.1) is 0 Å². The van der Waals surface area contributed by atoms with Crippen molar-refractivity contribution in [2.75, 3.05) is 12.4 Å². The number of nitrogens with two attached hydrogens (primary N) is 1. The number of nitrogens with one attached hydrogen (secondary N) is 2. The molecule has 1 heterocycles. The van der Waals surface area contributed by atoms with Crippen LogP contribution in [0.5, 0.6) is 0 Å². The summed E-state index contributed by atoms with van der Waals surface area (Å²) in [6, 6.07) is 6.43. The molecule has 7 nitrogen and oxygen atoms in total. The van der Waals surface area contributed by atoms with Crippen molar-refractivity contribution in [3.63, 3.8) is 0 Å². The Hall–Kier alpha value is -2.90. The van der Waals surface area contributed by atoms with Gasteiger partial charge in [0.25, 0.3) is 0 Å². The molecule has 0 bridgehead atoms. The Kier molecular flexibility index (Phi) is 5.67. The normalized spacial score (nSPS) is 16.6. The summed E-state index contributed by atoms with van der Waals surface area (Å²) in [7, 11) is 1.59.